The maximum Gasteiger partial charge on any atom is 0.203 e. The standard InChI is InChI=1S/C5H7IN2S/c1-3(2)4-7-5(6)8-9-4/h3H,1-2H3. The SMILES string of the molecule is CC(C)c1nc(I)ns1. The van der Waals surface area contributed by atoms with Crippen molar-refractivity contribution in [2.24, 2.45) is 0 Å². The van der Waals surface area contributed by atoms with Crippen LogP contribution in [0.5, 0.6) is 0 Å². The Balaban J connectivity index is 2.85. The van der Waals surface area contributed by atoms with Gasteiger partial charge in [0.2, 0.25) is 3.83 Å². The summed E-state index contributed by atoms with van der Waals surface area (Å²) in [6.45, 7) is 4.24. The summed E-state index contributed by atoms with van der Waals surface area (Å²) in [6.07, 6.45) is 0. The molecule has 9 heavy (non-hydrogen) atoms. The van der Waals surface area contributed by atoms with Gasteiger partial charge in [0.05, 0.1) is 0 Å². The molecular formula is C5H7IN2S. The minimum absolute atomic E-state index is 0.519. The van der Waals surface area contributed by atoms with Crippen molar-refractivity contribution in [3.05, 3.63) is 8.84 Å². The Morgan fingerprint density at radius 3 is 2.44 bits per heavy atom. The smallest absolute Gasteiger partial charge is 0.203 e. The van der Waals surface area contributed by atoms with Crippen LogP contribution in [0.25, 0.3) is 0 Å². The van der Waals surface area contributed by atoms with Gasteiger partial charge in [-0.2, -0.15) is 4.37 Å². The second-order valence-corrected chi connectivity index (χ2v) is 3.80. The van der Waals surface area contributed by atoms with E-state index < -0.39 is 0 Å². The minimum Gasteiger partial charge on any atom is -0.215 e. The molecule has 0 radical (unpaired) electrons. The number of aromatic nitrogens is 2. The minimum atomic E-state index is 0.519. The molecule has 1 rings (SSSR count). The van der Waals surface area contributed by atoms with Gasteiger partial charge in [0.1, 0.15) is 5.01 Å². The zero-order valence-corrected chi connectivity index (χ0v) is 8.23. The number of nitrogens with zero attached hydrogens (tertiary/aromatic N) is 2. The lowest BCUT2D eigenvalue weighted by Gasteiger charge is -1.92. The highest BCUT2D eigenvalue weighted by Crippen LogP contribution is 2.16. The van der Waals surface area contributed by atoms with Crippen LogP contribution in [0.3, 0.4) is 0 Å². The topological polar surface area (TPSA) is 25.8 Å². The van der Waals surface area contributed by atoms with E-state index in [1.165, 1.54) is 11.5 Å². The van der Waals surface area contributed by atoms with Crippen molar-refractivity contribution in [1.82, 2.24) is 9.36 Å². The molecule has 0 amide bonds. The van der Waals surface area contributed by atoms with Gasteiger partial charge in [0.15, 0.2) is 0 Å². The van der Waals surface area contributed by atoms with Crippen LogP contribution in [0.2, 0.25) is 0 Å². The predicted octanol–water partition coefficient (Wildman–Crippen LogP) is 2.27. The first-order valence-electron chi connectivity index (χ1n) is 2.69. The van der Waals surface area contributed by atoms with Gasteiger partial charge in [0, 0.05) is 28.5 Å². The fraction of sp³-hybridized carbons (Fsp3) is 0.600. The summed E-state index contributed by atoms with van der Waals surface area (Å²) in [7, 11) is 0. The van der Waals surface area contributed by atoms with Gasteiger partial charge in [-0.25, -0.2) is 4.98 Å². The molecule has 0 fully saturated rings. The third-order valence-electron chi connectivity index (χ3n) is 0.911. The third kappa shape index (κ3) is 1.86. The van der Waals surface area contributed by atoms with Crippen molar-refractivity contribution in [1.29, 1.82) is 0 Å². The summed E-state index contributed by atoms with van der Waals surface area (Å²) in [5, 5.41) is 1.12. The molecule has 1 heterocycles. The normalized spacial score (nSPS) is 10.7. The van der Waals surface area contributed by atoms with Gasteiger partial charge in [-0.15, -0.1) is 0 Å². The van der Waals surface area contributed by atoms with Crippen LogP contribution in [0.4, 0.5) is 0 Å². The molecule has 0 atom stereocenters. The van der Waals surface area contributed by atoms with E-state index in [-0.39, 0.29) is 0 Å². The maximum atomic E-state index is 4.20. The molecule has 1 aromatic rings. The summed E-state index contributed by atoms with van der Waals surface area (Å²) >= 11 is 3.61. The van der Waals surface area contributed by atoms with Gasteiger partial charge in [-0.1, -0.05) is 13.8 Å². The van der Waals surface area contributed by atoms with Crippen LogP contribution in [-0.4, -0.2) is 9.36 Å². The fourth-order valence-corrected chi connectivity index (χ4v) is 1.72. The van der Waals surface area contributed by atoms with Crippen LogP contribution in [0, 0.1) is 3.83 Å². The summed E-state index contributed by atoms with van der Waals surface area (Å²) in [5.41, 5.74) is 0. The summed E-state index contributed by atoms with van der Waals surface area (Å²) in [5.74, 6) is 0.519. The van der Waals surface area contributed by atoms with Crippen LogP contribution in [0.1, 0.15) is 24.8 Å². The van der Waals surface area contributed by atoms with Gasteiger partial charge in [-0.3, -0.25) is 0 Å². The highest BCUT2D eigenvalue weighted by Gasteiger charge is 2.03. The van der Waals surface area contributed by atoms with Gasteiger partial charge >= 0.3 is 0 Å². The molecule has 0 aliphatic rings. The molecule has 4 heteroatoms. The first kappa shape index (κ1) is 7.40. The number of rotatable bonds is 1. The van der Waals surface area contributed by atoms with Crippen LogP contribution < -0.4 is 0 Å². The quantitative estimate of drug-likeness (QED) is 0.718. The molecule has 0 saturated carbocycles. The average molecular weight is 254 g/mol. The van der Waals surface area contributed by atoms with E-state index in [1.807, 2.05) is 0 Å². The molecule has 1 aromatic heterocycles. The van der Waals surface area contributed by atoms with E-state index in [9.17, 15) is 0 Å². The lowest BCUT2D eigenvalue weighted by Crippen LogP contribution is -1.83. The monoisotopic (exact) mass is 254 g/mol. The van der Waals surface area contributed by atoms with E-state index in [4.69, 9.17) is 0 Å². The first-order valence-corrected chi connectivity index (χ1v) is 4.54. The van der Waals surface area contributed by atoms with Crippen molar-refractivity contribution >= 4 is 34.1 Å². The van der Waals surface area contributed by atoms with Gasteiger partial charge < -0.3 is 0 Å². The molecule has 0 bridgehead atoms. The Kier molecular flexibility index (Phi) is 2.40. The summed E-state index contributed by atoms with van der Waals surface area (Å²) in [6, 6.07) is 0. The third-order valence-corrected chi connectivity index (χ3v) is 2.73. The van der Waals surface area contributed by atoms with E-state index >= 15 is 0 Å². The highest BCUT2D eigenvalue weighted by atomic mass is 127. The summed E-state index contributed by atoms with van der Waals surface area (Å²) < 4.78 is 4.92. The second-order valence-electron chi connectivity index (χ2n) is 2.06. The van der Waals surface area contributed by atoms with Crippen molar-refractivity contribution in [2.75, 3.05) is 0 Å². The molecule has 0 aliphatic carbocycles. The second kappa shape index (κ2) is 2.92. The fourth-order valence-electron chi connectivity index (χ4n) is 0.451. The molecule has 2 nitrogen and oxygen atoms in total. The van der Waals surface area contributed by atoms with E-state index in [1.54, 1.807) is 0 Å². The molecule has 0 spiro atoms. The lowest BCUT2D eigenvalue weighted by atomic mass is 10.2. The lowest BCUT2D eigenvalue weighted by molar-refractivity contribution is 0.848. The van der Waals surface area contributed by atoms with Crippen molar-refractivity contribution in [2.45, 2.75) is 19.8 Å². The molecule has 0 aromatic carbocycles. The Bertz CT molecular complexity index is 197. The Morgan fingerprint density at radius 1 is 1.56 bits per heavy atom. The van der Waals surface area contributed by atoms with Crippen molar-refractivity contribution < 1.29 is 0 Å². The average Bonchev–Trinajstić information content (AvgIpc) is 2.14. The molecule has 0 aliphatic heterocycles. The van der Waals surface area contributed by atoms with Crippen LogP contribution in [0.15, 0.2) is 0 Å². The van der Waals surface area contributed by atoms with E-state index in [0.717, 1.165) is 8.84 Å². The van der Waals surface area contributed by atoms with Crippen molar-refractivity contribution in [3.63, 3.8) is 0 Å². The zero-order chi connectivity index (χ0) is 6.85. The molecule has 0 N–H and O–H groups in total. The van der Waals surface area contributed by atoms with E-state index in [0.29, 0.717) is 5.92 Å². The predicted molar refractivity (Wildman–Crippen MR) is 46.7 cm³/mol. The Morgan fingerprint density at radius 2 is 2.22 bits per heavy atom. The number of hydrogen-bond donors (Lipinski definition) is 0. The maximum absolute atomic E-state index is 4.20. The number of hydrogen-bond acceptors (Lipinski definition) is 3. The van der Waals surface area contributed by atoms with Crippen molar-refractivity contribution in [3.8, 4) is 0 Å². The van der Waals surface area contributed by atoms with E-state index in [2.05, 4.69) is 45.8 Å². The van der Waals surface area contributed by atoms with Gasteiger partial charge in [-0.05, 0) is 11.5 Å². The van der Waals surface area contributed by atoms with Gasteiger partial charge in [0.25, 0.3) is 0 Å². The molecular weight excluding hydrogens is 247 g/mol. The molecule has 0 saturated heterocycles. The molecule has 0 unspecified atom stereocenters. The highest BCUT2D eigenvalue weighted by molar-refractivity contribution is 14.1. The molecule has 50 valence electrons. The Hall–Kier alpha value is 0.290. The largest absolute Gasteiger partial charge is 0.215 e. The van der Waals surface area contributed by atoms with Crippen LogP contribution in [-0.2, 0) is 0 Å². The zero-order valence-electron chi connectivity index (χ0n) is 5.26. The first-order chi connectivity index (χ1) is 4.20. The number of halogens is 1. The Labute approximate surface area is 72.0 Å². The summed E-state index contributed by atoms with van der Waals surface area (Å²) in [4.78, 5) is 4.20. The van der Waals surface area contributed by atoms with Crippen LogP contribution >= 0.6 is 34.1 Å².